The number of aryl methyl sites for hydroxylation is 2. The third-order valence-corrected chi connectivity index (χ3v) is 8.35. The number of hydrogen-bond acceptors (Lipinski definition) is 5. The van der Waals surface area contributed by atoms with Crippen molar-refractivity contribution in [2.75, 3.05) is 18.0 Å². The average molecular weight is 584 g/mol. The van der Waals surface area contributed by atoms with Crippen LogP contribution in [0, 0.1) is 19.7 Å². The number of amides is 2. The van der Waals surface area contributed by atoms with Crippen LogP contribution in [-0.2, 0) is 26.2 Å². The maximum atomic E-state index is 14.1. The fraction of sp³-hybridized carbons (Fsp3) is 0.355. The van der Waals surface area contributed by atoms with E-state index in [2.05, 4.69) is 5.32 Å². The summed E-state index contributed by atoms with van der Waals surface area (Å²) < 4.78 is 48.3. The molecule has 0 heterocycles. The van der Waals surface area contributed by atoms with Gasteiger partial charge in [0.2, 0.25) is 11.8 Å². The lowest BCUT2D eigenvalue weighted by Crippen LogP contribution is -2.53. The molecule has 0 aromatic heterocycles. The van der Waals surface area contributed by atoms with E-state index in [0.717, 1.165) is 15.4 Å². The molecular weight excluding hydrogens is 545 g/mol. The van der Waals surface area contributed by atoms with E-state index in [0.29, 0.717) is 5.56 Å². The van der Waals surface area contributed by atoms with Gasteiger partial charge in [0, 0.05) is 12.6 Å². The molecule has 3 rings (SSSR count). The van der Waals surface area contributed by atoms with Crippen LogP contribution in [0.25, 0.3) is 0 Å². The van der Waals surface area contributed by atoms with Gasteiger partial charge in [0.25, 0.3) is 10.0 Å². The normalized spacial score (nSPS) is 12.1. The minimum Gasteiger partial charge on any atom is -0.495 e. The Labute approximate surface area is 242 Å². The van der Waals surface area contributed by atoms with Crippen molar-refractivity contribution >= 4 is 27.5 Å². The van der Waals surface area contributed by atoms with Crippen molar-refractivity contribution in [2.45, 2.75) is 64.6 Å². The van der Waals surface area contributed by atoms with E-state index >= 15 is 0 Å². The molecule has 0 spiro atoms. The lowest BCUT2D eigenvalue weighted by atomic mass is 10.1. The SMILES string of the molecule is CCC(C(=O)NC(C)C)N(Cc1ccc(F)cc1)C(=O)CN(c1cc(C)ccc1OC)S(=O)(=O)c1ccc(C)cc1. The summed E-state index contributed by atoms with van der Waals surface area (Å²) in [5.41, 5.74) is 2.44. The first kappa shape index (κ1) is 31.6. The molecule has 1 N–H and O–H groups in total. The average Bonchev–Trinajstić information content (AvgIpc) is 2.92. The molecule has 0 fully saturated rings. The first-order valence-corrected chi connectivity index (χ1v) is 14.9. The van der Waals surface area contributed by atoms with Crippen molar-refractivity contribution in [2.24, 2.45) is 0 Å². The topological polar surface area (TPSA) is 96.0 Å². The van der Waals surface area contributed by atoms with Crippen molar-refractivity contribution < 1.29 is 27.1 Å². The number of carbonyl (C=O) groups excluding carboxylic acids is 2. The molecule has 220 valence electrons. The predicted molar refractivity (Wildman–Crippen MR) is 158 cm³/mol. The summed E-state index contributed by atoms with van der Waals surface area (Å²) in [7, 11) is -2.82. The summed E-state index contributed by atoms with van der Waals surface area (Å²) in [4.78, 5) is 28.7. The highest BCUT2D eigenvalue weighted by atomic mass is 32.2. The van der Waals surface area contributed by atoms with Crippen LogP contribution in [0.1, 0.15) is 43.9 Å². The van der Waals surface area contributed by atoms with Crippen molar-refractivity contribution in [3.63, 3.8) is 0 Å². The van der Waals surface area contributed by atoms with E-state index in [9.17, 15) is 22.4 Å². The Hall–Kier alpha value is -3.92. The molecule has 2 amide bonds. The fourth-order valence-electron chi connectivity index (χ4n) is 4.43. The van der Waals surface area contributed by atoms with E-state index in [1.165, 1.54) is 48.4 Å². The van der Waals surface area contributed by atoms with Gasteiger partial charge < -0.3 is 15.0 Å². The maximum Gasteiger partial charge on any atom is 0.264 e. The Morgan fingerprint density at radius 2 is 1.56 bits per heavy atom. The van der Waals surface area contributed by atoms with Gasteiger partial charge in [0.15, 0.2) is 0 Å². The quantitative estimate of drug-likeness (QED) is 0.325. The monoisotopic (exact) mass is 583 g/mol. The standard InChI is InChI=1S/C31H38FN3O5S/c1-7-27(31(37)33-21(2)3)34(19-24-11-13-25(32)14-12-24)30(36)20-35(28-18-23(5)10-17-29(28)40-6)41(38,39)26-15-8-22(4)9-16-26/h8-18,21,27H,7,19-20H2,1-6H3,(H,33,37). The number of carbonyl (C=O) groups is 2. The van der Waals surface area contributed by atoms with Crippen LogP contribution in [-0.4, -0.2) is 50.9 Å². The van der Waals surface area contributed by atoms with Gasteiger partial charge in [0.05, 0.1) is 17.7 Å². The van der Waals surface area contributed by atoms with E-state index in [1.807, 2.05) is 27.7 Å². The first-order chi connectivity index (χ1) is 19.4. The van der Waals surface area contributed by atoms with Crippen LogP contribution in [0.4, 0.5) is 10.1 Å². The summed E-state index contributed by atoms with van der Waals surface area (Å²) >= 11 is 0. The maximum absolute atomic E-state index is 14.1. The number of sulfonamides is 1. The van der Waals surface area contributed by atoms with Gasteiger partial charge in [-0.25, -0.2) is 12.8 Å². The van der Waals surface area contributed by atoms with Crippen LogP contribution < -0.4 is 14.4 Å². The number of anilines is 1. The van der Waals surface area contributed by atoms with Gasteiger partial charge in [-0.2, -0.15) is 0 Å². The Morgan fingerprint density at radius 1 is 0.951 bits per heavy atom. The Morgan fingerprint density at radius 3 is 2.12 bits per heavy atom. The molecule has 0 saturated carbocycles. The molecule has 8 nitrogen and oxygen atoms in total. The molecule has 0 bridgehead atoms. The van der Waals surface area contributed by atoms with Crippen LogP contribution in [0.15, 0.2) is 71.6 Å². The zero-order chi connectivity index (χ0) is 30.3. The molecule has 1 atom stereocenters. The molecule has 0 aliphatic rings. The number of benzene rings is 3. The van der Waals surface area contributed by atoms with Crippen molar-refractivity contribution in [3.05, 3.63) is 89.2 Å². The van der Waals surface area contributed by atoms with Gasteiger partial charge in [0.1, 0.15) is 24.2 Å². The second-order valence-electron chi connectivity index (χ2n) is 10.2. The van der Waals surface area contributed by atoms with Gasteiger partial charge in [-0.3, -0.25) is 13.9 Å². The molecule has 0 radical (unpaired) electrons. The summed E-state index contributed by atoms with van der Waals surface area (Å²) in [5, 5.41) is 2.85. The number of hydrogen-bond donors (Lipinski definition) is 1. The van der Waals surface area contributed by atoms with Crippen LogP contribution in [0.3, 0.4) is 0 Å². The minimum absolute atomic E-state index is 0.00846. The highest BCUT2D eigenvalue weighted by Crippen LogP contribution is 2.34. The predicted octanol–water partition coefficient (Wildman–Crippen LogP) is 4.98. The number of nitrogens with one attached hydrogen (secondary N) is 1. The number of halogens is 1. The van der Waals surface area contributed by atoms with Crippen molar-refractivity contribution in [1.82, 2.24) is 10.2 Å². The largest absolute Gasteiger partial charge is 0.495 e. The molecule has 41 heavy (non-hydrogen) atoms. The molecule has 0 aliphatic heterocycles. The molecular formula is C31H38FN3O5S. The lowest BCUT2D eigenvalue weighted by Gasteiger charge is -2.34. The van der Waals surface area contributed by atoms with E-state index in [-0.39, 0.29) is 41.2 Å². The molecule has 0 saturated heterocycles. The second kappa shape index (κ2) is 13.6. The summed E-state index contributed by atoms with van der Waals surface area (Å²) in [6, 6.07) is 16.0. The lowest BCUT2D eigenvalue weighted by molar-refractivity contribution is -0.140. The van der Waals surface area contributed by atoms with Gasteiger partial charge in [-0.15, -0.1) is 0 Å². The van der Waals surface area contributed by atoms with E-state index in [4.69, 9.17) is 4.74 Å². The Balaban J connectivity index is 2.13. The number of rotatable bonds is 12. The van der Waals surface area contributed by atoms with E-state index in [1.54, 1.807) is 37.3 Å². The zero-order valence-electron chi connectivity index (χ0n) is 24.3. The highest BCUT2D eigenvalue weighted by molar-refractivity contribution is 7.92. The number of ether oxygens (including phenoxy) is 1. The van der Waals surface area contributed by atoms with Gasteiger partial charge in [-0.05, 0) is 81.6 Å². The first-order valence-electron chi connectivity index (χ1n) is 13.5. The highest BCUT2D eigenvalue weighted by Gasteiger charge is 2.35. The van der Waals surface area contributed by atoms with Crippen LogP contribution in [0.5, 0.6) is 5.75 Å². The minimum atomic E-state index is -4.24. The summed E-state index contributed by atoms with van der Waals surface area (Å²) in [6.07, 6.45) is 0.282. The molecule has 10 heteroatoms. The molecule has 3 aromatic carbocycles. The number of methoxy groups -OCH3 is 1. The third-order valence-electron chi connectivity index (χ3n) is 6.57. The molecule has 0 aliphatic carbocycles. The van der Waals surface area contributed by atoms with Crippen LogP contribution in [0.2, 0.25) is 0 Å². The molecule has 3 aromatic rings. The summed E-state index contributed by atoms with van der Waals surface area (Å²) in [5.74, 6) is -1.12. The van der Waals surface area contributed by atoms with Gasteiger partial charge in [-0.1, -0.05) is 42.8 Å². The smallest absolute Gasteiger partial charge is 0.264 e. The van der Waals surface area contributed by atoms with Crippen molar-refractivity contribution in [3.8, 4) is 5.75 Å². The van der Waals surface area contributed by atoms with Crippen LogP contribution >= 0.6 is 0 Å². The van der Waals surface area contributed by atoms with Gasteiger partial charge >= 0.3 is 0 Å². The molecule has 1 unspecified atom stereocenters. The summed E-state index contributed by atoms with van der Waals surface area (Å²) in [6.45, 7) is 8.45. The second-order valence-corrected chi connectivity index (χ2v) is 12.1. The van der Waals surface area contributed by atoms with Crippen molar-refractivity contribution in [1.29, 1.82) is 0 Å². The van der Waals surface area contributed by atoms with E-state index < -0.39 is 34.3 Å². The third kappa shape index (κ3) is 7.85. The Kier molecular flexibility index (Phi) is 10.5. The fourth-order valence-corrected chi connectivity index (χ4v) is 5.85. The number of nitrogens with zero attached hydrogens (tertiary/aromatic N) is 2. The zero-order valence-corrected chi connectivity index (χ0v) is 25.2. The Bertz CT molecular complexity index is 1460.